The molecule has 0 aliphatic heterocycles. The Morgan fingerprint density at radius 2 is 1.00 bits per heavy atom. The lowest BCUT2D eigenvalue weighted by atomic mass is 9.79. The fraction of sp³-hybridized carbons (Fsp3) is 0.565. The van der Waals surface area contributed by atoms with Crippen LogP contribution in [-0.4, -0.2) is 22.2 Å². The zero-order valence-electron chi connectivity index (χ0n) is 17.8. The fourth-order valence-corrected chi connectivity index (χ4v) is 2.60. The Hall–Kier alpha value is -2.10. The summed E-state index contributed by atoms with van der Waals surface area (Å²) >= 11 is 0. The number of carboxylic acid groups (broad SMARTS) is 2. The summed E-state index contributed by atoms with van der Waals surface area (Å²) < 4.78 is 0. The maximum atomic E-state index is 11.8. The Balaban J connectivity index is 5.22. The predicted molar refractivity (Wildman–Crippen MR) is 112 cm³/mol. The number of carbonyl (C=O) groups is 2. The van der Waals surface area contributed by atoms with Crippen molar-refractivity contribution in [3.05, 3.63) is 46.6 Å². The first-order valence-electron chi connectivity index (χ1n) is 9.56. The van der Waals surface area contributed by atoms with Gasteiger partial charge in [0.2, 0.25) is 0 Å². The first-order chi connectivity index (χ1) is 12.5. The highest BCUT2D eigenvalue weighted by Crippen LogP contribution is 2.31. The summed E-state index contributed by atoms with van der Waals surface area (Å²) in [6, 6.07) is 0. The van der Waals surface area contributed by atoms with Gasteiger partial charge in [-0.05, 0) is 80.1 Å². The molecule has 0 saturated carbocycles. The minimum Gasteiger partial charge on any atom is -0.480 e. The SMILES string of the molecule is CC(C)=CCC/C(C)=C/CC(C/C=C(\C)CCC=C(C)C)(C(=O)O)C(=O)O. The van der Waals surface area contributed by atoms with E-state index in [2.05, 4.69) is 12.2 Å². The number of carboxylic acids is 2. The molecule has 0 bridgehead atoms. The van der Waals surface area contributed by atoms with E-state index >= 15 is 0 Å². The highest BCUT2D eigenvalue weighted by molar-refractivity contribution is 5.98. The second-order valence-electron chi connectivity index (χ2n) is 7.84. The topological polar surface area (TPSA) is 74.6 Å². The van der Waals surface area contributed by atoms with E-state index in [1.54, 1.807) is 12.2 Å². The number of hydrogen-bond acceptors (Lipinski definition) is 2. The van der Waals surface area contributed by atoms with Gasteiger partial charge in [0.25, 0.3) is 0 Å². The molecule has 0 rings (SSSR count). The van der Waals surface area contributed by atoms with Crippen molar-refractivity contribution < 1.29 is 19.8 Å². The van der Waals surface area contributed by atoms with Gasteiger partial charge in [-0.25, -0.2) is 0 Å². The molecule has 0 aromatic heterocycles. The van der Waals surface area contributed by atoms with Crippen LogP contribution in [0.3, 0.4) is 0 Å². The summed E-state index contributed by atoms with van der Waals surface area (Å²) in [7, 11) is 0. The van der Waals surface area contributed by atoms with Gasteiger partial charge in [0.05, 0.1) is 0 Å². The molecule has 2 N–H and O–H groups in total. The molecule has 4 heteroatoms. The zero-order chi connectivity index (χ0) is 21.0. The second kappa shape index (κ2) is 12.3. The summed E-state index contributed by atoms with van der Waals surface area (Å²) in [5, 5.41) is 19.3. The largest absolute Gasteiger partial charge is 0.480 e. The minimum atomic E-state index is -1.81. The van der Waals surface area contributed by atoms with Crippen LogP contribution >= 0.6 is 0 Å². The van der Waals surface area contributed by atoms with Crippen LogP contribution in [0.5, 0.6) is 0 Å². The molecule has 0 amide bonds. The molecular weight excluding hydrogens is 340 g/mol. The molecule has 0 fully saturated rings. The van der Waals surface area contributed by atoms with E-state index in [9.17, 15) is 19.8 Å². The summed E-state index contributed by atoms with van der Waals surface area (Å²) in [6.45, 7) is 12.0. The zero-order valence-corrected chi connectivity index (χ0v) is 17.8. The van der Waals surface area contributed by atoms with Crippen molar-refractivity contribution in [2.45, 2.75) is 80.1 Å². The van der Waals surface area contributed by atoms with Gasteiger partial charge in [-0.1, -0.05) is 46.6 Å². The van der Waals surface area contributed by atoms with Crippen molar-refractivity contribution in [2.75, 3.05) is 0 Å². The van der Waals surface area contributed by atoms with Crippen molar-refractivity contribution in [3.63, 3.8) is 0 Å². The van der Waals surface area contributed by atoms with E-state index < -0.39 is 17.4 Å². The number of allylic oxidation sites excluding steroid dienone is 8. The number of hydrogen-bond donors (Lipinski definition) is 2. The van der Waals surface area contributed by atoms with E-state index in [-0.39, 0.29) is 12.8 Å². The van der Waals surface area contributed by atoms with E-state index in [0.29, 0.717) is 0 Å². The van der Waals surface area contributed by atoms with Crippen molar-refractivity contribution in [1.29, 1.82) is 0 Å². The molecule has 27 heavy (non-hydrogen) atoms. The molecule has 0 atom stereocenters. The molecule has 0 unspecified atom stereocenters. The van der Waals surface area contributed by atoms with Crippen LogP contribution in [0.4, 0.5) is 0 Å². The maximum Gasteiger partial charge on any atom is 0.321 e. The van der Waals surface area contributed by atoms with E-state index in [0.717, 1.165) is 36.8 Å². The van der Waals surface area contributed by atoms with Gasteiger partial charge in [0.15, 0.2) is 5.41 Å². The van der Waals surface area contributed by atoms with Gasteiger partial charge in [-0.15, -0.1) is 0 Å². The fourth-order valence-electron chi connectivity index (χ4n) is 2.60. The lowest BCUT2D eigenvalue weighted by Gasteiger charge is -2.22. The van der Waals surface area contributed by atoms with Crippen molar-refractivity contribution in [2.24, 2.45) is 5.41 Å². The smallest absolute Gasteiger partial charge is 0.321 e. The Morgan fingerprint density at radius 1 is 0.667 bits per heavy atom. The summed E-state index contributed by atoms with van der Waals surface area (Å²) in [6.07, 6.45) is 11.1. The third-order valence-electron chi connectivity index (χ3n) is 4.60. The number of rotatable bonds is 12. The minimum absolute atomic E-state index is 0.00390. The van der Waals surface area contributed by atoms with E-state index in [4.69, 9.17) is 0 Å². The van der Waals surface area contributed by atoms with E-state index in [1.807, 2.05) is 41.5 Å². The molecule has 0 aliphatic rings. The Kier molecular flexibility index (Phi) is 11.4. The quantitative estimate of drug-likeness (QED) is 0.309. The van der Waals surface area contributed by atoms with Crippen LogP contribution in [0.15, 0.2) is 46.6 Å². The standard InChI is InChI=1S/C23H36O4/c1-17(2)9-7-11-19(5)13-15-23(21(24)25,22(26)27)16-14-20(6)12-8-10-18(3)4/h9-10,13-14H,7-8,11-12,15-16H2,1-6H3,(H,24,25)(H,26,27)/b19-13+,20-14+. The molecule has 152 valence electrons. The second-order valence-corrected chi connectivity index (χ2v) is 7.84. The highest BCUT2D eigenvalue weighted by Gasteiger charge is 2.44. The molecule has 0 spiro atoms. The van der Waals surface area contributed by atoms with E-state index in [1.165, 1.54) is 11.1 Å². The van der Waals surface area contributed by atoms with Crippen molar-refractivity contribution in [1.82, 2.24) is 0 Å². The lowest BCUT2D eigenvalue weighted by Crippen LogP contribution is -2.38. The summed E-state index contributed by atoms with van der Waals surface area (Å²) in [5.74, 6) is -2.56. The molecule has 0 aromatic carbocycles. The van der Waals surface area contributed by atoms with Crippen LogP contribution in [0.1, 0.15) is 80.1 Å². The average molecular weight is 377 g/mol. The maximum absolute atomic E-state index is 11.8. The van der Waals surface area contributed by atoms with Crippen LogP contribution in [0, 0.1) is 5.41 Å². The monoisotopic (exact) mass is 376 g/mol. The molecule has 0 aliphatic carbocycles. The van der Waals surface area contributed by atoms with Gasteiger partial charge in [-0.2, -0.15) is 0 Å². The third kappa shape index (κ3) is 9.97. The predicted octanol–water partition coefficient (Wildman–Crippen LogP) is 6.31. The van der Waals surface area contributed by atoms with Gasteiger partial charge in [-0.3, -0.25) is 9.59 Å². The average Bonchev–Trinajstić information content (AvgIpc) is 2.53. The van der Waals surface area contributed by atoms with Crippen molar-refractivity contribution >= 4 is 11.9 Å². The van der Waals surface area contributed by atoms with Crippen molar-refractivity contribution in [3.8, 4) is 0 Å². The third-order valence-corrected chi connectivity index (χ3v) is 4.60. The van der Waals surface area contributed by atoms with Crippen LogP contribution in [0.2, 0.25) is 0 Å². The van der Waals surface area contributed by atoms with Crippen LogP contribution in [-0.2, 0) is 9.59 Å². The van der Waals surface area contributed by atoms with Gasteiger partial charge < -0.3 is 10.2 Å². The molecule has 0 saturated heterocycles. The lowest BCUT2D eigenvalue weighted by molar-refractivity contribution is -0.164. The van der Waals surface area contributed by atoms with Gasteiger partial charge in [0.1, 0.15) is 0 Å². The van der Waals surface area contributed by atoms with Gasteiger partial charge in [0, 0.05) is 0 Å². The van der Waals surface area contributed by atoms with Crippen LogP contribution < -0.4 is 0 Å². The first-order valence-corrected chi connectivity index (χ1v) is 9.56. The number of aliphatic carboxylic acids is 2. The molecule has 0 heterocycles. The Morgan fingerprint density at radius 3 is 1.26 bits per heavy atom. The highest BCUT2D eigenvalue weighted by atomic mass is 16.4. The molecule has 0 aromatic rings. The normalized spacial score (nSPS) is 12.5. The molecule has 4 nitrogen and oxygen atoms in total. The molecular formula is C23H36O4. The molecule has 0 radical (unpaired) electrons. The summed E-state index contributed by atoms with van der Waals surface area (Å²) in [5.41, 5.74) is 2.70. The van der Waals surface area contributed by atoms with Crippen LogP contribution in [0.25, 0.3) is 0 Å². The Bertz CT molecular complexity index is 569. The first kappa shape index (κ1) is 24.9. The van der Waals surface area contributed by atoms with Gasteiger partial charge >= 0.3 is 11.9 Å². The Labute approximate surface area is 164 Å². The summed E-state index contributed by atoms with van der Waals surface area (Å²) in [4.78, 5) is 23.7.